The summed E-state index contributed by atoms with van der Waals surface area (Å²) in [6, 6.07) is 20.1. The molecule has 2 aromatic rings. The number of carbonyl (C=O) groups excluding carboxylic acids is 1. The van der Waals surface area contributed by atoms with Crippen LogP contribution in [0.3, 0.4) is 0 Å². The van der Waals surface area contributed by atoms with Crippen LogP contribution in [0.2, 0.25) is 0 Å². The largest absolute Gasteiger partial charge is 0.344 e. The van der Waals surface area contributed by atoms with E-state index in [4.69, 9.17) is 0 Å². The first-order valence-corrected chi connectivity index (χ1v) is 8.74. The molecule has 0 spiro atoms. The molecule has 0 bridgehead atoms. The number of likely N-dealkylation sites (N-methyl/N-ethyl adjacent to an activating group) is 2. The molecule has 2 rings (SSSR count). The van der Waals surface area contributed by atoms with Gasteiger partial charge < -0.3 is 9.80 Å². The molecule has 0 radical (unpaired) electrons. The summed E-state index contributed by atoms with van der Waals surface area (Å²) in [5.41, 5.74) is 2.09. The quantitative estimate of drug-likeness (QED) is 0.740. The smallest absolute Gasteiger partial charge is 0.234 e. The molecule has 0 aliphatic heterocycles. The van der Waals surface area contributed by atoms with Crippen molar-refractivity contribution in [2.24, 2.45) is 0 Å². The second-order valence-electron chi connectivity index (χ2n) is 6.04. The maximum absolute atomic E-state index is 13.1. The number of nitrogens with zero attached hydrogens (tertiary/aromatic N) is 2. The molecule has 0 heterocycles. The number of hydrogen-bond donors (Lipinski definition) is 0. The van der Waals surface area contributed by atoms with Gasteiger partial charge in [-0.3, -0.25) is 4.79 Å². The fraction of sp³-hybridized carbons (Fsp3) is 0.381. The van der Waals surface area contributed by atoms with E-state index in [0.29, 0.717) is 0 Å². The molecule has 0 atom stereocenters. The van der Waals surface area contributed by atoms with E-state index in [-0.39, 0.29) is 11.8 Å². The van der Waals surface area contributed by atoms with Crippen LogP contribution in [0.15, 0.2) is 60.7 Å². The third-order valence-electron chi connectivity index (χ3n) is 4.54. The van der Waals surface area contributed by atoms with Crippen LogP contribution in [0.5, 0.6) is 0 Å². The van der Waals surface area contributed by atoms with E-state index in [0.717, 1.165) is 37.3 Å². The van der Waals surface area contributed by atoms with Crippen LogP contribution >= 0.6 is 0 Å². The third-order valence-corrected chi connectivity index (χ3v) is 4.54. The van der Waals surface area contributed by atoms with Gasteiger partial charge in [-0.25, -0.2) is 0 Å². The minimum absolute atomic E-state index is 0.152. The molecule has 0 fully saturated rings. The fourth-order valence-electron chi connectivity index (χ4n) is 2.93. The molecule has 3 nitrogen and oxygen atoms in total. The first-order chi connectivity index (χ1) is 11.7. The van der Waals surface area contributed by atoms with E-state index in [2.05, 4.69) is 18.7 Å². The van der Waals surface area contributed by atoms with Crippen LogP contribution in [0.1, 0.15) is 30.9 Å². The number of benzene rings is 2. The Labute approximate surface area is 145 Å². The van der Waals surface area contributed by atoms with E-state index in [1.165, 1.54) is 0 Å². The number of carbonyl (C=O) groups is 1. The Morgan fingerprint density at radius 2 is 1.29 bits per heavy atom. The van der Waals surface area contributed by atoms with Crippen LogP contribution in [-0.2, 0) is 4.79 Å². The minimum atomic E-state index is -0.242. The van der Waals surface area contributed by atoms with Crippen molar-refractivity contribution in [2.45, 2.75) is 19.8 Å². The molecule has 0 aliphatic carbocycles. The highest BCUT2D eigenvalue weighted by Gasteiger charge is 2.25. The second-order valence-corrected chi connectivity index (χ2v) is 6.04. The molecule has 0 saturated heterocycles. The summed E-state index contributed by atoms with van der Waals surface area (Å²) < 4.78 is 0. The summed E-state index contributed by atoms with van der Waals surface area (Å²) in [6.45, 7) is 7.99. The molecule has 3 heteroatoms. The summed E-state index contributed by atoms with van der Waals surface area (Å²) in [6.07, 6.45) is 0. The van der Waals surface area contributed by atoms with Crippen LogP contribution < -0.4 is 0 Å². The van der Waals surface area contributed by atoms with Gasteiger partial charge in [0, 0.05) is 20.1 Å². The summed E-state index contributed by atoms with van der Waals surface area (Å²) in [7, 11) is 1.91. The average Bonchev–Trinajstić information content (AvgIpc) is 2.64. The minimum Gasteiger partial charge on any atom is -0.344 e. The summed E-state index contributed by atoms with van der Waals surface area (Å²) in [5, 5.41) is 0. The fourth-order valence-corrected chi connectivity index (χ4v) is 2.93. The van der Waals surface area contributed by atoms with E-state index in [1.54, 1.807) is 0 Å². The van der Waals surface area contributed by atoms with Crippen molar-refractivity contribution in [2.75, 3.05) is 33.2 Å². The van der Waals surface area contributed by atoms with Crippen molar-refractivity contribution in [1.82, 2.24) is 9.80 Å². The maximum Gasteiger partial charge on any atom is 0.234 e. The van der Waals surface area contributed by atoms with Gasteiger partial charge in [0.15, 0.2) is 0 Å². The molecule has 24 heavy (non-hydrogen) atoms. The molecule has 0 aliphatic rings. The molecule has 0 saturated carbocycles. The highest BCUT2D eigenvalue weighted by Crippen LogP contribution is 2.26. The van der Waals surface area contributed by atoms with E-state index >= 15 is 0 Å². The van der Waals surface area contributed by atoms with Crippen LogP contribution in [-0.4, -0.2) is 48.9 Å². The standard InChI is InChI=1S/C21H28N2O/c1-4-23(5-2)17-16-22(3)21(24)20(18-12-8-6-9-13-18)19-14-10-7-11-15-19/h6-15,20H,4-5,16-17H2,1-3H3. The zero-order valence-corrected chi connectivity index (χ0v) is 15.0. The van der Waals surface area contributed by atoms with Crippen molar-refractivity contribution in [1.29, 1.82) is 0 Å². The van der Waals surface area contributed by atoms with Gasteiger partial charge in [0.05, 0.1) is 5.92 Å². The Balaban J connectivity index is 2.19. The van der Waals surface area contributed by atoms with Crippen molar-refractivity contribution >= 4 is 5.91 Å². The van der Waals surface area contributed by atoms with E-state index < -0.39 is 0 Å². The lowest BCUT2D eigenvalue weighted by atomic mass is 9.90. The SMILES string of the molecule is CCN(CC)CCN(C)C(=O)C(c1ccccc1)c1ccccc1. The predicted octanol–water partition coefficient (Wildman–Crippen LogP) is 3.62. The predicted molar refractivity (Wildman–Crippen MR) is 100 cm³/mol. The van der Waals surface area contributed by atoms with Gasteiger partial charge in [-0.1, -0.05) is 74.5 Å². The molecule has 128 valence electrons. The van der Waals surface area contributed by atoms with Crippen molar-refractivity contribution in [3.05, 3.63) is 71.8 Å². The normalized spacial score (nSPS) is 11.0. The van der Waals surface area contributed by atoms with Crippen LogP contribution in [0.4, 0.5) is 0 Å². The average molecular weight is 324 g/mol. The van der Waals surface area contributed by atoms with E-state index in [9.17, 15) is 4.79 Å². The lowest BCUT2D eigenvalue weighted by molar-refractivity contribution is -0.130. The number of rotatable bonds is 8. The molecule has 2 aromatic carbocycles. The number of amides is 1. The Morgan fingerprint density at radius 3 is 1.71 bits per heavy atom. The summed E-state index contributed by atoms with van der Waals surface area (Å²) in [4.78, 5) is 17.3. The monoisotopic (exact) mass is 324 g/mol. The molecule has 1 amide bonds. The Bertz CT molecular complexity index is 569. The topological polar surface area (TPSA) is 23.6 Å². The lowest BCUT2D eigenvalue weighted by Crippen LogP contribution is -2.38. The molecular weight excluding hydrogens is 296 g/mol. The third kappa shape index (κ3) is 4.68. The molecule has 0 unspecified atom stereocenters. The Hall–Kier alpha value is -2.13. The van der Waals surface area contributed by atoms with Gasteiger partial charge in [-0.15, -0.1) is 0 Å². The lowest BCUT2D eigenvalue weighted by Gasteiger charge is -2.27. The van der Waals surface area contributed by atoms with Gasteiger partial charge >= 0.3 is 0 Å². The van der Waals surface area contributed by atoms with Gasteiger partial charge in [-0.2, -0.15) is 0 Å². The van der Waals surface area contributed by atoms with Crippen molar-refractivity contribution in [3.8, 4) is 0 Å². The zero-order chi connectivity index (χ0) is 17.4. The highest BCUT2D eigenvalue weighted by molar-refractivity contribution is 5.87. The van der Waals surface area contributed by atoms with Gasteiger partial charge in [0.2, 0.25) is 5.91 Å². The first-order valence-electron chi connectivity index (χ1n) is 8.74. The zero-order valence-electron chi connectivity index (χ0n) is 15.0. The number of hydrogen-bond acceptors (Lipinski definition) is 2. The van der Waals surface area contributed by atoms with Crippen molar-refractivity contribution < 1.29 is 4.79 Å². The highest BCUT2D eigenvalue weighted by atomic mass is 16.2. The Morgan fingerprint density at radius 1 is 0.833 bits per heavy atom. The molecule has 0 N–H and O–H groups in total. The van der Waals surface area contributed by atoms with Crippen LogP contribution in [0.25, 0.3) is 0 Å². The van der Waals surface area contributed by atoms with Crippen molar-refractivity contribution in [3.63, 3.8) is 0 Å². The molecular formula is C21H28N2O. The summed E-state index contributed by atoms with van der Waals surface area (Å²) in [5.74, 6) is -0.0892. The van der Waals surface area contributed by atoms with E-state index in [1.807, 2.05) is 72.6 Å². The Kier molecular flexibility index (Phi) is 7.01. The van der Waals surface area contributed by atoms with Gasteiger partial charge in [0.25, 0.3) is 0 Å². The molecule has 0 aromatic heterocycles. The van der Waals surface area contributed by atoms with Gasteiger partial charge in [0.1, 0.15) is 0 Å². The van der Waals surface area contributed by atoms with Gasteiger partial charge in [-0.05, 0) is 24.2 Å². The first kappa shape index (κ1) is 18.2. The maximum atomic E-state index is 13.1. The van der Waals surface area contributed by atoms with Crippen LogP contribution in [0, 0.1) is 0 Å². The second kappa shape index (κ2) is 9.24. The summed E-state index contributed by atoms with van der Waals surface area (Å²) >= 11 is 0.